The predicted molar refractivity (Wildman–Crippen MR) is 105 cm³/mol. The van der Waals surface area contributed by atoms with Crippen molar-refractivity contribution in [3.8, 4) is 10.4 Å². The van der Waals surface area contributed by atoms with Gasteiger partial charge in [-0.1, -0.05) is 29.8 Å². The molecule has 0 unspecified atom stereocenters. The zero-order chi connectivity index (χ0) is 17.4. The van der Waals surface area contributed by atoms with Gasteiger partial charge in [-0.25, -0.2) is 0 Å². The van der Waals surface area contributed by atoms with E-state index >= 15 is 0 Å². The van der Waals surface area contributed by atoms with Gasteiger partial charge in [-0.05, 0) is 36.8 Å². The number of aryl methyl sites for hydroxylation is 1. The monoisotopic (exact) mass is 369 g/mol. The van der Waals surface area contributed by atoms with Crippen LogP contribution in [-0.4, -0.2) is 21.4 Å². The molecule has 0 fully saturated rings. The second-order valence-electron chi connectivity index (χ2n) is 6.46. The van der Waals surface area contributed by atoms with Crippen molar-refractivity contribution in [2.24, 2.45) is 0 Å². The molecule has 0 spiro atoms. The molecule has 3 heterocycles. The van der Waals surface area contributed by atoms with Crippen molar-refractivity contribution in [1.82, 2.24) is 14.9 Å². The highest BCUT2D eigenvalue weighted by Crippen LogP contribution is 2.29. The molecular weight excluding hydrogens is 350 g/mol. The van der Waals surface area contributed by atoms with Crippen molar-refractivity contribution in [2.75, 3.05) is 6.54 Å². The van der Waals surface area contributed by atoms with E-state index in [2.05, 4.69) is 58.2 Å². The lowest BCUT2D eigenvalue weighted by Gasteiger charge is -2.27. The lowest BCUT2D eigenvalue weighted by molar-refractivity contribution is 0.243. The van der Waals surface area contributed by atoms with Crippen LogP contribution >= 0.6 is 23.6 Å². The Labute approximate surface area is 155 Å². The van der Waals surface area contributed by atoms with E-state index in [1.807, 2.05) is 11.3 Å². The molecule has 1 aliphatic heterocycles. The van der Waals surface area contributed by atoms with Crippen LogP contribution in [0.15, 0.2) is 41.2 Å². The van der Waals surface area contributed by atoms with E-state index in [1.165, 1.54) is 20.9 Å². The topological polar surface area (TPSA) is 51.9 Å². The average molecular weight is 370 g/mol. The molecule has 4 rings (SSSR count). The van der Waals surface area contributed by atoms with E-state index in [4.69, 9.17) is 12.2 Å². The van der Waals surface area contributed by atoms with Gasteiger partial charge in [0.05, 0.1) is 5.56 Å². The van der Waals surface area contributed by atoms with E-state index in [0.717, 1.165) is 30.8 Å². The van der Waals surface area contributed by atoms with Crippen molar-refractivity contribution in [2.45, 2.75) is 26.4 Å². The molecule has 0 amide bonds. The van der Waals surface area contributed by atoms with Gasteiger partial charge in [0.2, 0.25) is 0 Å². The van der Waals surface area contributed by atoms with Gasteiger partial charge in [-0.3, -0.25) is 14.7 Å². The first-order chi connectivity index (χ1) is 12.1. The minimum atomic E-state index is -0.0602. The van der Waals surface area contributed by atoms with Crippen molar-refractivity contribution in [3.63, 3.8) is 0 Å². The molecule has 0 radical (unpaired) electrons. The number of nitrogens with zero attached hydrogens (tertiary/aromatic N) is 1. The number of hydrogen-bond donors (Lipinski definition) is 2. The van der Waals surface area contributed by atoms with Crippen LogP contribution in [0.1, 0.15) is 21.7 Å². The second-order valence-corrected chi connectivity index (χ2v) is 8.03. The molecule has 6 heteroatoms. The smallest absolute Gasteiger partial charge is 0.256 e. The van der Waals surface area contributed by atoms with Crippen LogP contribution < -0.4 is 5.56 Å². The maximum absolute atomic E-state index is 12.1. The summed E-state index contributed by atoms with van der Waals surface area (Å²) in [6.45, 7) is 4.56. The molecule has 2 N–H and O–H groups in total. The quantitative estimate of drug-likeness (QED) is 0.686. The van der Waals surface area contributed by atoms with Crippen molar-refractivity contribution < 1.29 is 0 Å². The molecule has 0 bridgehead atoms. The van der Waals surface area contributed by atoms with Crippen molar-refractivity contribution in [3.05, 3.63) is 73.2 Å². The molecule has 128 valence electrons. The predicted octanol–water partition coefficient (Wildman–Crippen LogP) is 4.03. The molecule has 0 saturated heterocycles. The molecule has 0 atom stereocenters. The van der Waals surface area contributed by atoms with Gasteiger partial charge in [0.15, 0.2) is 4.77 Å². The third kappa shape index (κ3) is 3.51. The number of aromatic nitrogens is 2. The molecule has 1 aromatic carbocycles. The third-order valence-electron chi connectivity index (χ3n) is 4.57. The Morgan fingerprint density at radius 2 is 1.96 bits per heavy atom. The molecule has 0 saturated carbocycles. The van der Waals surface area contributed by atoms with Crippen LogP contribution in [0.4, 0.5) is 0 Å². The Morgan fingerprint density at radius 3 is 2.76 bits per heavy atom. The Bertz CT molecular complexity index is 1010. The Hall–Kier alpha value is -2.02. The third-order valence-corrected chi connectivity index (χ3v) is 5.89. The van der Waals surface area contributed by atoms with E-state index in [1.54, 1.807) is 0 Å². The maximum Gasteiger partial charge on any atom is 0.256 e. The summed E-state index contributed by atoms with van der Waals surface area (Å²) in [6, 6.07) is 13.0. The van der Waals surface area contributed by atoms with Crippen LogP contribution in [0.2, 0.25) is 0 Å². The molecule has 25 heavy (non-hydrogen) atoms. The van der Waals surface area contributed by atoms with Crippen LogP contribution in [0, 0.1) is 11.7 Å². The number of nitrogens with one attached hydrogen (secondary N) is 2. The van der Waals surface area contributed by atoms with Crippen LogP contribution in [0.25, 0.3) is 10.4 Å². The Balaban J connectivity index is 1.51. The van der Waals surface area contributed by atoms with Crippen LogP contribution in [-0.2, 0) is 19.5 Å². The van der Waals surface area contributed by atoms with Crippen LogP contribution in [0.3, 0.4) is 0 Å². The zero-order valence-electron chi connectivity index (χ0n) is 14.0. The highest BCUT2D eigenvalue weighted by Gasteiger charge is 2.20. The first kappa shape index (κ1) is 16.4. The molecule has 1 aliphatic rings. The molecular formula is C19H19N3OS2. The lowest BCUT2D eigenvalue weighted by Crippen LogP contribution is -2.35. The summed E-state index contributed by atoms with van der Waals surface area (Å²) < 4.78 is 0.415. The van der Waals surface area contributed by atoms with Gasteiger partial charge >= 0.3 is 0 Å². The summed E-state index contributed by atoms with van der Waals surface area (Å²) in [6.07, 6.45) is 0.832. The Morgan fingerprint density at radius 1 is 1.16 bits per heavy atom. The maximum atomic E-state index is 12.1. The number of H-pyrrole nitrogens is 2. The first-order valence-corrected chi connectivity index (χ1v) is 9.53. The Kier molecular flexibility index (Phi) is 4.41. The summed E-state index contributed by atoms with van der Waals surface area (Å²) in [7, 11) is 0. The SMILES string of the molecule is Cc1ccc(-c2ccc(CN3CCc4[nH]c(=S)[nH]c(=O)c4C3)s2)cc1. The van der Waals surface area contributed by atoms with Gasteiger partial charge in [0.1, 0.15) is 0 Å². The molecule has 3 aromatic rings. The summed E-state index contributed by atoms with van der Waals surface area (Å²) in [4.78, 5) is 22.9. The number of aromatic amines is 2. The second kappa shape index (κ2) is 6.71. The van der Waals surface area contributed by atoms with Gasteiger partial charge in [-0.2, -0.15) is 0 Å². The summed E-state index contributed by atoms with van der Waals surface area (Å²) >= 11 is 6.87. The fourth-order valence-corrected chi connectivity index (χ4v) is 4.48. The van der Waals surface area contributed by atoms with Gasteiger partial charge in [-0.15, -0.1) is 11.3 Å². The number of benzene rings is 1. The van der Waals surface area contributed by atoms with E-state index in [0.29, 0.717) is 11.3 Å². The largest absolute Gasteiger partial charge is 0.335 e. The van der Waals surface area contributed by atoms with Gasteiger partial charge in [0, 0.05) is 41.5 Å². The highest BCUT2D eigenvalue weighted by molar-refractivity contribution is 7.71. The van der Waals surface area contributed by atoms with Gasteiger partial charge < -0.3 is 4.98 Å². The highest BCUT2D eigenvalue weighted by atomic mass is 32.1. The summed E-state index contributed by atoms with van der Waals surface area (Å²) in [5.41, 5.74) is 4.27. The average Bonchev–Trinajstić information content (AvgIpc) is 3.04. The fourth-order valence-electron chi connectivity index (χ4n) is 3.20. The first-order valence-electron chi connectivity index (χ1n) is 8.31. The molecule has 2 aromatic heterocycles. The van der Waals surface area contributed by atoms with Crippen molar-refractivity contribution >= 4 is 23.6 Å². The molecule has 4 nitrogen and oxygen atoms in total. The van der Waals surface area contributed by atoms with Crippen LogP contribution in [0.5, 0.6) is 0 Å². The lowest BCUT2D eigenvalue weighted by atomic mass is 10.1. The number of rotatable bonds is 3. The normalized spacial score (nSPS) is 14.4. The number of fused-ring (bicyclic) bond motifs is 1. The number of thiophene rings is 1. The van der Waals surface area contributed by atoms with E-state index in [-0.39, 0.29) is 5.56 Å². The summed E-state index contributed by atoms with van der Waals surface area (Å²) in [5, 5.41) is 0. The minimum absolute atomic E-state index is 0.0602. The minimum Gasteiger partial charge on any atom is -0.335 e. The molecule has 0 aliphatic carbocycles. The van der Waals surface area contributed by atoms with Gasteiger partial charge in [0.25, 0.3) is 5.56 Å². The standard InChI is InChI=1S/C19H19N3OS2/c1-12-2-4-13(5-3-12)17-7-6-14(25-17)10-22-9-8-16-15(11-22)18(23)21-19(24)20-16/h2-7H,8-11H2,1H3,(H2,20,21,23,24). The van der Waals surface area contributed by atoms with Crippen molar-refractivity contribution in [1.29, 1.82) is 0 Å². The summed E-state index contributed by atoms with van der Waals surface area (Å²) in [5.74, 6) is 0. The fraction of sp³-hybridized carbons (Fsp3) is 0.263. The zero-order valence-corrected chi connectivity index (χ0v) is 15.6. The van der Waals surface area contributed by atoms with E-state index < -0.39 is 0 Å². The van der Waals surface area contributed by atoms with E-state index in [9.17, 15) is 4.79 Å². The number of hydrogen-bond acceptors (Lipinski definition) is 4.